The first-order valence-corrected chi connectivity index (χ1v) is 9.79. The predicted octanol–water partition coefficient (Wildman–Crippen LogP) is 2.11. The lowest BCUT2D eigenvalue weighted by Crippen LogP contribution is -2.28. The van der Waals surface area contributed by atoms with Crippen LogP contribution in [0.4, 0.5) is 5.69 Å². The molecule has 2 amide bonds. The lowest BCUT2D eigenvalue weighted by atomic mass is 9.94. The number of benzene rings is 1. The molecule has 3 aliphatic heterocycles. The summed E-state index contributed by atoms with van der Waals surface area (Å²) in [5.41, 5.74) is 3.79. The summed E-state index contributed by atoms with van der Waals surface area (Å²) in [5.74, 6) is -1.03. The van der Waals surface area contributed by atoms with Crippen LogP contribution in [0.15, 0.2) is 71.8 Å². The summed E-state index contributed by atoms with van der Waals surface area (Å²) in [6.45, 7) is 1.83. The van der Waals surface area contributed by atoms with Gasteiger partial charge in [-0.15, -0.1) is 0 Å². The third-order valence-corrected chi connectivity index (χ3v) is 5.88. The summed E-state index contributed by atoms with van der Waals surface area (Å²) in [6.07, 6.45) is 6.65. The van der Waals surface area contributed by atoms with Crippen LogP contribution < -0.4 is 10.2 Å². The first-order chi connectivity index (χ1) is 15.1. The molecule has 0 saturated heterocycles. The van der Waals surface area contributed by atoms with E-state index >= 15 is 0 Å². The van der Waals surface area contributed by atoms with Crippen molar-refractivity contribution in [1.29, 1.82) is 0 Å². The highest BCUT2D eigenvalue weighted by Gasteiger charge is 2.41. The van der Waals surface area contributed by atoms with Gasteiger partial charge in [-0.25, -0.2) is 4.98 Å². The number of ketones is 1. The van der Waals surface area contributed by atoms with E-state index in [1.165, 1.54) is 0 Å². The molecule has 8 heteroatoms. The lowest BCUT2D eigenvalue weighted by Gasteiger charge is -2.20. The van der Waals surface area contributed by atoms with Gasteiger partial charge in [-0.2, -0.15) is 0 Å². The molecule has 0 spiro atoms. The molecule has 150 valence electrons. The zero-order valence-electron chi connectivity index (χ0n) is 16.4. The molecule has 1 unspecified atom stereocenters. The molecule has 0 fully saturated rings. The van der Waals surface area contributed by atoms with E-state index in [1.54, 1.807) is 41.3 Å². The van der Waals surface area contributed by atoms with Crippen molar-refractivity contribution < 1.29 is 14.4 Å². The van der Waals surface area contributed by atoms with Crippen LogP contribution in [0.1, 0.15) is 28.5 Å². The van der Waals surface area contributed by atoms with Crippen LogP contribution in [-0.2, 0) is 9.59 Å². The number of nitrogens with one attached hydrogen (secondary N) is 1. The fourth-order valence-electron chi connectivity index (χ4n) is 4.45. The maximum Gasteiger partial charge on any atom is 0.261 e. The Hall–Kier alpha value is -4.33. The number of aliphatic imine (C=N–C) groups is 1. The van der Waals surface area contributed by atoms with Crippen LogP contribution >= 0.6 is 0 Å². The van der Waals surface area contributed by atoms with Crippen molar-refractivity contribution in [1.82, 2.24) is 14.7 Å². The van der Waals surface area contributed by atoms with Gasteiger partial charge in [0.05, 0.1) is 40.5 Å². The molecule has 1 atom stereocenters. The van der Waals surface area contributed by atoms with Crippen LogP contribution in [0.2, 0.25) is 0 Å². The van der Waals surface area contributed by atoms with Gasteiger partial charge in [0.2, 0.25) is 0 Å². The average molecular weight is 409 g/mol. The number of Topliss-reactive ketones (excluding diaryl/α,β-unsaturated/α-hetero) is 1. The maximum atomic E-state index is 13.0. The number of anilines is 1. The highest BCUT2D eigenvalue weighted by molar-refractivity contribution is 6.48. The number of fused-ring (bicyclic) bond motifs is 1. The highest BCUT2D eigenvalue weighted by atomic mass is 16.2. The Balaban J connectivity index is 1.64. The Morgan fingerprint density at radius 1 is 0.968 bits per heavy atom. The predicted molar refractivity (Wildman–Crippen MR) is 114 cm³/mol. The maximum absolute atomic E-state index is 13.0. The number of pyridine rings is 1. The first kappa shape index (κ1) is 17.5. The molecule has 0 saturated carbocycles. The van der Waals surface area contributed by atoms with Crippen LogP contribution in [0.3, 0.4) is 0 Å². The molecule has 0 aliphatic carbocycles. The summed E-state index contributed by atoms with van der Waals surface area (Å²) in [4.78, 5) is 49.3. The first-order valence-electron chi connectivity index (χ1n) is 9.79. The van der Waals surface area contributed by atoms with E-state index in [0.717, 1.165) is 0 Å². The normalized spacial score (nSPS) is 19.8. The quantitative estimate of drug-likeness (QED) is 0.654. The summed E-state index contributed by atoms with van der Waals surface area (Å²) >= 11 is 0. The number of nitrogens with zero attached hydrogens (tertiary/aromatic N) is 4. The second-order valence-electron chi connectivity index (χ2n) is 7.53. The van der Waals surface area contributed by atoms with Crippen molar-refractivity contribution >= 4 is 40.2 Å². The Morgan fingerprint density at radius 3 is 2.65 bits per heavy atom. The Bertz CT molecular complexity index is 1440. The van der Waals surface area contributed by atoms with Crippen molar-refractivity contribution in [2.75, 3.05) is 4.90 Å². The van der Waals surface area contributed by atoms with Crippen molar-refractivity contribution in [3.8, 4) is 0 Å². The van der Waals surface area contributed by atoms with Gasteiger partial charge in [0.15, 0.2) is 5.78 Å². The number of imidazole rings is 1. The number of para-hydroxylation sites is 1. The number of imide groups is 1. The van der Waals surface area contributed by atoms with Gasteiger partial charge in [-0.1, -0.05) is 18.2 Å². The molecular formula is C23H15N5O3. The molecule has 3 aliphatic rings. The number of hydrogen-bond donors (Lipinski definition) is 1. The van der Waals surface area contributed by atoms with E-state index in [0.29, 0.717) is 33.9 Å². The van der Waals surface area contributed by atoms with Gasteiger partial charge >= 0.3 is 0 Å². The topological polar surface area (TPSA) is 96.1 Å². The summed E-state index contributed by atoms with van der Waals surface area (Å²) in [6, 6.07) is 10.5. The van der Waals surface area contributed by atoms with Gasteiger partial charge in [-0.05, 0) is 25.1 Å². The van der Waals surface area contributed by atoms with E-state index in [4.69, 9.17) is 0 Å². The fraction of sp³-hybridized carbons (Fsp3) is 0.0870. The van der Waals surface area contributed by atoms with Gasteiger partial charge in [0.1, 0.15) is 5.65 Å². The van der Waals surface area contributed by atoms with Crippen LogP contribution in [0.25, 0.3) is 11.2 Å². The standard InChI is InChI=1S/C23H15N5O3/c1-12-21(29)14-6-4-5-13-19(24-8-10-27(12)20(13)14)18-17(22(30)26-23(18)31)15-11-25-16-7-2-3-9-28(15)16/h2-12H,1H3,(H,26,30,31). The molecule has 3 aromatic rings. The number of amides is 2. The van der Waals surface area contributed by atoms with Crippen LogP contribution in [0, 0.1) is 0 Å². The summed E-state index contributed by atoms with van der Waals surface area (Å²) in [5, 5.41) is 2.40. The van der Waals surface area contributed by atoms with E-state index in [1.807, 2.05) is 36.1 Å². The molecule has 31 heavy (non-hydrogen) atoms. The van der Waals surface area contributed by atoms with E-state index in [2.05, 4.69) is 15.3 Å². The van der Waals surface area contributed by atoms with Crippen molar-refractivity contribution in [2.45, 2.75) is 13.0 Å². The minimum Gasteiger partial charge on any atom is -0.335 e. The molecule has 0 radical (unpaired) electrons. The van der Waals surface area contributed by atoms with Crippen molar-refractivity contribution in [3.05, 3.63) is 83.6 Å². The molecule has 1 N–H and O–H groups in total. The number of rotatable bonds is 2. The third kappa shape index (κ3) is 2.27. The molecular weight excluding hydrogens is 394 g/mol. The minimum atomic E-state index is -0.526. The molecule has 6 rings (SSSR count). The zero-order chi connectivity index (χ0) is 21.3. The zero-order valence-corrected chi connectivity index (χ0v) is 16.4. The van der Waals surface area contributed by atoms with Crippen molar-refractivity contribution in [2.24, 2.45) is 4.99 Å². The molecule has 5 heterocycles. The van der Waals surface area contributed by atoms with Gasteiger partial charge < -0.3 is 4.90 Å². The fourth-order valence-corrected chi connectivity index (χ4v) is 4.45. The lowest BCUT2D eigenvalue weighted by molar-refractivity contribution is -0.123. The molecule has 2 aromatic heterocycles. The molecule has 0 bridgehead atoms. The average Bonchev–Trinajstić information content (AvgIpc) is 3.33. The van der Waals surface area contributed by atoms with E-state index in [9.17, 15) is 14.4 Å². The Labute approximate surface area is 176 Å². The Kier molecular flexibility index (Phi) is 3.44. The SMILES string of the molecule is CC1C(=O)c2cccc3c2N1C=CN=C3C1=C(c2cnc3ccccn23)C(=O)NC1=O. The number of hydrogen-bond acceptors (Lipinski definition) is 6. The van der Waals surface area contributed by atoms with Gasteiger partial charge in [-0.3, -0.25) is 29.1 Å². The molecule has 1 aromatic carbocycles. The summed E-state index contributed by atoms with van der Waals surface area (Å²) < 4.78 is 1.76. The number of carbonyl (C=O) groups excluding carboxylic acids is 3. The van der Waals surface area contributed by atoms with Gasteiger partial charge in [0, 0.05) is 29.7 Å². The summed E-state index contributed by atoms with van der Waals surface area (Å²) in [7, 11) is 0. The number of aromatic nitrogens is 2. The number of carbonyl (C=O) groups is 3. The van der Waals surface area contributed by atoms with Crippen LogP contribution in [0.5, 0.6) is 0 Å². The Morgan fingerprint density at radius 2 is 1.77 bits per heavy atom. The van der Waals surface area contributed by atoms with Gasteiger partial charge in [0.25, 0.3) is 11.8 Å². The van der Waals surface area contributed by atoms with E-state index in [-0.39, 0.29) is 23.0 Å². The van der Waals surface area contributed by atoms with Crippen LogP contribution in [-0.4, -0.2) is 38.7 Å². The molecule has 8 nitrogen and oxygen atoms in total. The minimum absolute atomic E-state index is 0.00527. The highest BCUT2D eigenvalue weighted by Crippen LogP contribution is 2.39. The second-order valence-corrected chi connectivity index (χ2v) is 7.53. The smallest absolute Gasteiger partial charge is 0.261 e. The largest absolute Gasteiger partial charge is 0.335 e. The third-order valence-electron chi connectivity index (χ3n) is 5.88. The second kappa shape index (κ2) is 6.09. The monoisotopic (exact) mass is 409 g/mol. The van der Waals surface area contributed by atoms with E-state index < -0.39 is 11.8 Å². The van der Waals surface area contributed by atoms with Crippen molar-refractivity contribution in [3.63, 3.8) is 0 Å².